The highest BCUT2D eigenvalue weighted by molar-refractivity contribution is 8.00. The fraction of sp³-hybridized carbons (Fsp3) is 0.889. The van der Waals surface area contributed by atoms with Crippen molar-refractivity contribution >= 4 is 15.4 Å². The molecule has 0 bridgehead atoms. The van der Waals surface area contributed by atoms with Crippen molar-refractivity contribution in [1.29, 1.82) is 0 Å². The molecule has 0 N–H and O–H groups in total. The second kappa shape index (κ2) is 2.51. The first-order chi connectivity index (χ1) is 4.81. The molecule has 1 aliphatic rings. The fourth-order valence-electron chi connectivity index (χ4n) is 1.57. The number of rotatable bonds is 0. The SMILES string of the molecule is C=S1(=O)CCC(C(C)(C)C)C1. The average Bonchev–Trinajstić information content (AvgIpc) is 2.07. The van der Waals surface area contributed by atoms with E-state index in [4.69, 9.17) is 0 Å². The first kappa shape index (κ1) is 9.11. The lowest BCUT2D eigenvalue weighted by molar-refractivity contribution is 0.268. The molecule has 2 unspecified atom stereocenters. The van der Waals surface area contributed by atoms with Gasteiger partial charge in [0.05, 0.1) is 0 Å². The highest BCUT2D eigenvalue weighted by atomic mass is 32.2. The molecule has 0 aromatic heterocycles. The highest BCUT2D eigenvalue weighted by Gasteiger charge is 2.32. The van der Waals surface area contributed by atoms with Crippen LogP contribution < -0.4 is 0 Å². The number of hydrogen-bond acceptors (Lipinski definition) is 1. The maximum absolute atomic E-state index is 11.5. The van der Waals surface area contributed by atoms with Crippen molar-refractivity contribution in [1.82, 2.24) is 0 Å². The van der Waals surface area contributed by atoms with Crippen LogP contribution in [0.25, 0.3) is 0 Å². The third-order valence-corrected chi connectivity index (χ3v) is 4.56. The van der Waals surface area contributed by atoms with Crippen LogP contribution in [-0.4, -0.2) is 21.6 Å². The molecule has 0 aliphatic carbocycles. The molecule has 0 aromatic rings. The van der Waals surface area contributed by atoms with E-state index in [9.17, 15) is 4.21 Å². The Bertz CT molecular complexity index is 231. The molecule has 0 spiro atoms. The van der Waals surface area contributed by atoms with Crippen LogP contribution in [0.4, 0.5) is 0 Å². The van der Waals surface area contributed by atoms with E-state index in [1.165, 1.54) is 0 Å². The minimum absolute atomic E-state index is 0.316. The second-order valence-electron chi connectivity index (χ2n) is 4.69. The Labute approximate surface area is 70.2 Å². The van der Waals surface area contributed by atoms with E-state index in [1.807, 2.05) is 0 Å². The van der Waals surface area contributed by atoms with Crippen LogP contribution in [0.3, 0.4) is 0 Å². The van der Waals surface area contributed by atoms with Crippen LogP contribution in [0.1, 0.15) is 27.2 Å². The summed E-state index contributed by atoms with van der Waals surface area (Å²) in [4.78, 5) is 0. The second-order valence-corrected chi connectivity index (χ2v) is 7.36. The van der Waals surface area contributed by atoms with Gasteiger partial charge in [0.2, 0.25) is 0 Å². The maximum atomic E-state index is 11.5. The Kier molecular flexibility index (Phi) is 2.08. The number of hydrogen-bond donors (Lipinski definition) is 0. The van der Waals surface area contributed by atoms with Gasteiger partial charge in [-0.3, -0.25) is 4.21 Å². The van der Waals surface area contributed by atoms with E-state index in [0.717, 1.165) is 17.9 Å². The zero-order valence-electron chi connectivity index (χ0n) is 7.72. The van der Waals surface area contributed by atoms with Crippen molar-refractivity contribution in [2.75, 3.05) is 11.5 Å². The Hall–Kier alpha value is 0.0200. The molecule has 2 heteroatoms. The van der Waals surface area contributed by atoms with Crippen molar-refractivity contribution in [3.05, 3.63) is 0 Å². The summed E-state index contributed by atoms with van der Waals surface area (Å²) in [7, 11) is -1.68. The molecular weight excluding hydrogens is 156 g/mol. The molecular formula is C9H18OS. The molecule has 0 saturated carbocycles. The quantitative estimate of drug-likeness (QED) is 0.512. The Morgan fingerprint density at radius 1 is 1.45 bits per heavy atom. The predicted molar refractivity (Wildman–Crippen MR) is 52.6 cm³/mol. The van der Waals surface area contributed by atoms with E-state index < -0.39 is 9.52 Å². The van der Waals surface area contributed by atoms with Gasteiger partial charge in [-0.25, -0.2) is 0 Å². The van der Waals surface area contributed by atoms with Gasteiger partial charge in [-0.05, 0) is 33.1 Å². The van der Waals surface area contributed by atoms with Crippen LogP contribution in [0.5, 0.6) is 0 Å². The van der Waals surface area contributed by atoms with Crippen molar-refractivity contribution < 1.29 is 4.21 Å². The summed E-state index contributed by atoms with van der Waals surface area (Å²) in [5, 5.41) is 0. The van der Waals surface area contributed by atoms with Gasteiger partial charge in [-0.1, -0.05) is 20.8 Å². The molecule has 1 fully saturated rings. The maximum Gasteiger partial charge on any atom is 0.0192 e. The van der Waals surface area contributed by atoms with Crippen LogP contribution in [-0.2, 0) is 9.52 Å². The molecule has 1 nitrogen and oxygen atoms in total. The minimum Gasteiger partial charge on any atom is -0.268 e. The lowest BCUT2D eigenvalue weighted by Gasteiger charge is -2.25. The highest BCUT2D eigenvalue weighted by Crippen LogP contribution is 2.34. The molecule has 1 saturated heterocycles. The summed E-state index contributed by atoms with van der Waals surface area (Å²) in [5.41, 5.74) is 0.316. The van der Waals surface area contributed by atoms with E-state index in [-0.39, 0.29) is 0 Å². The van der Waals surface area contributed by atoms with Crippen LogP contribution >= 0.6 is 0 Å². The molecule has 1 heterocycles. The van der Waals surface area contributed by atoms with Crippen molar-refractivity contribution in [3.63, 3.8) is 0 Å². The summed E-state index contributed by atoms with van der Waals surface area (Å²) in [6.45, 7) is 6.66. The van der Waals surface area contributed by atoms with Crippen molar-refractivity contribution in [2.24, 2.45) is 11.3 Å². The third kappa shape index (κ3) is 2.22. The zero-order valence-corrected chi connectivity index (χ0v) is 8.54. The van der Waals surface area contributed by atoms with Crippen LogP contribution in [0.15, 0.2) is 0 Å². The van der Waals surface area contributed by atoms with Gasteiger partial charge >= 0.3 is 0 Å². The van der Waals surface area contributed by atoms with E-state index in [0.29, 0.717) is 11.3 Å². The zero-order chi connectivity index (χ0) is 8.70. The molecule has 11 heavy (non-hydrogen) atoms. The first-order valence-electron chi connectivity index (χ1n) is 4.14. The van der Waals surface area contributed by atoms with Crippen molar-refractivity contribution in [2.45, 2.75) is 27.2 Å². The van der Waals surface area contributed by atoms with Gasteiger partial charge in [0, 0.05) is 11.5 Å². The summed E-state index contributed by atoms with van der Waals surface area (Å²) in [6.07, 6.45) is 1.10. The molecule has 66 valence electrons. The summed E-state index contributed by atoms with van der Waals surface area (Å²) < 4.78 is 11.5. The summed E-state index contributed by atoms with van der Waals surface area (Å²) >= 11 is 0. The average molecular weight is 174 g/mol. The smallest absolute Gasteiger partial charge is 0.0192 e. The van der Waals surface area contributed by atoms with Crippen LogP contribution in [0, 0.1) is 11.3 Å². The molecule has 0 amide bonds. The Balaban J connectivity index is 2.70. The van der Waals surface area contributed by atoms with Gasteiger partial charge in [0.15, 0.2) is 0 Å². The monoisotopic (exact) mass is 174 g/mol. The lowest BCUT2D eigenvalue weighted by atomic mass is 9.81. The third-order valence-electron chi connectivity index (χ3n) is 2.57. The topological polar surface area (TPSA) is 17.1 Å². The molecule has 1 rings (SSSR count). The Morgan fingerprint density at radius 3 is 2.18 bits per heavy atom. The van der Waals surface area contributed by atoms with E-state index in [1.54, 1.807) is 0 Å². The van der Waals surface area contributed by atoms with E-state index >= 15 is 0 Å². The standard InChI is InChI=1S/C9H18OS/c1-9(2,3)8-5-6-11(4,10)7-8/h8H,4-7H2,1-3H3. The largest absolute Gasteiger partial charge is 0.268 e. The normalized spacial score (nSPS) is 39.4. The lowest BCUT2D eigenvalue weighted by Crippen LogP contribution is -2.21. The van der Waals surface area contributed by atoms with Crippen molar-refractivity contribution in [3.8, 4) is 0 Å². The van der Waals surface area contributed by atoms with Gasteiger partial charge in [0.1, 0.15) is 0 Å². The summed E-state index contributed by atoms with van der Waals surface area (Å²) in [6, 6.07) is 0. The Morgan fingerprint density at radius 2 is 2.00 bits per heavy atom. The molecule has 0 radical (unpaired) electrons. The van der Waals surface area contributed by atoms with E-state index in [2.05, 4.69) is 26.6 Å². The van der Waals surface area contributed by atoms with Gasteiger partial charge in [-0.2, -0.15) is 0 Å². The fourth-order valence-corrected chi connectivity index (χ4v) is 3.85. The predicted octanol–water partition coefficient (Wildman–Crippen LogP) is 1.77. The van der Waals surface area contributed by atoms with Gasteiger partial charge < -0.3 is 0 Å². The molecule has 2 atom stereocenters. The van der Waals surface area contributed by atoms with Gasteiger partial charge in [-0.15, -0.1) is 0 Å². The minimum atomic E-state index is -1.68. The molecule has 1 aliphatic heterocycles. The molecule has 0 aromatic carbocycles. The van der Waals surface area contributed by atoms with Crippen LogP contribution in [0.2, 0.25) is 0 Å². The van der Waals surface area contributed by atoms with Gasteiger partial charge in [0.25, 0.3) is 0 Å². The summed E-state index contributed by atoms with van der Waals surface area (Å²) in [5.74, 6) is 6.06. The first-order valence-corrected chi connectivity index (χ1v) is 6.20.